The minimum absolute atomic E-state index is 0. The second-order valence-electron chi connectivity index (χ2n) is 23.5. The van der Waals surface area contributed by atoms with Crippen LogP contribution in [0.25, 0.3) is 0 Å². The topological polar surface area (TPSA) is 60.7 Å². The van der Waals surface area contributed by atoms with Gasteiger partial charge in [0.05, 0.1) is 0 Å². The van der Waals surface area contributed by atoms with Gasteiger partial charge < -0.3 is 15.3 Å². The third-order valence-electron chi connectivity index (χ3n) is 12.2. The smallest absolute Gasteiger partial charge is 0.123 e. The first-order valence-corrected chi connectivity index (χ1v) is 21.3. The number of hydrogen-bond acceptors (Lipinski definition) is 3. The van der Waals surface area contributed by atoms with Crippen LogP contribution >= 0.6 is 0 Å². The number of aromatic hydroxyl groups is 3. The zero-order valence-corrected chi connectivity index (χ0v) is 39.9. The zero-order chi connectivity index (χ0) is 43.8. The summed E-state index contributed by atoms with van der Waals surface area (Å²) in [5, 5.41) is 34.9. The van der Waals surface area contributed by atoms with Crippen molar-refractivity contribution in [3.8, 4) is 17.2 Å². The van der Waals surface area contributed by atoms with E-state index in [-0.39, 0.29) is 39.9 Å². The number of benzene rings is 4. The molecular weight excluding hydrogens is 709 g/mol. The lowest BCUT2D eigenvalue weighted by Gasteiger charge is -2.30. The first-order valence-electron chi connectivity index (χ1n) is 21.3. The van der Waals surface area contributed by atoms with Crippen molar-refractivity contribution >= 4 is 0 Å². The third kappa shape index (κ3) is 10.2. The Morgan fingerprint density at radius 2 is 0.448 bits per heavy atom. The monoisotopic (exact) mass is 791 g/mol. The van der Waals surface area contributed by atoms with E-state index in [2.05, 4.69) is 182 Å². The third-order valence-corrected chi connectivity index (χ3v) is 12.2. The SMILES string of the molecule is C.Cc1c(Cc2cc(C(C)(C)C)c(O)c(C(C)(C)C)c2)c(C)c(Cc2cc(C(C)(C)C)c(O)c(C(C)(C)C)c2)c(C)c1Cc1cc(C(C)(C)C)c(O)c(C(C)(C)C)c1. The summed E-state index contributed by atoms with van der Waals surface area (Å²) in [6.45, 7) is 46.2. The van der Waals surface area contributed by atoms with Crippen LogP contribution in [0.2, 0.25) is 0 Å². The normalized spacial score (nSPS) is 13.2. The van der Waals surface area contributed by atoms with Crippen LogP contribution in [0.15, 0.2) is 36.4 Å². The average Bonchev–Trinajstić information content (AvgIpc) is 3.02. The van der Waals surface area contributed by atoms with Crippen molar-refractivity contribution < 1.29 is 15.3 Å². The maximum Gasteiger partial charge on any atom is 0.123 e. The maximum absolute atomic E-state index is 11.6. The Bertz CT molecular complexity index is 1780. The summed E-state index contributed by atoms with van der Waals surface area (Å²) >= 11 is 0. The average molecular weight is 791 g/mol. The van der Waals surface area contributed by atoms with Crippen LogP contribution in [0, 0.1) is 20.8 Å². The number of hydrogen-bond donors (Lipinski definition) is 3. The molecule has 0 spiro atoms. The first-order chi connectivity index (χ1) is 25.5. The van der Waals surface area contributed by atoms with Crippen LogP contribution in [0.4, 0.5) is 0 Å². The number of phenolic OH excluding ortho intramolecular Hbond substituents is 3. The summed E-state index contributed by atoms with van der Waals surface area (Å²) in [5.74, 6) is 1.22. The van der Waals surface area contributed by atoms with Gasteiger partial charge >= 0.3 is 0 Å². The molecule has 3 N–H and O–H groups in total. The molecule has 3 heteroatoms. The van der Waals surface area contributed by atoms with Crippen LogP contribution in [0.1, 0.15) is 216 Å². The van der Waals surface area contributed by atoms with E-state index in [1.165, 1.54) is 50.1 Å². The molecule has 0 bridgehead atoms. The Kier molecular flexibility index (Phi) is 13.5. The second-order valence-corrected chi connectivity index (χ2v) is 23.5. The van der Waals surface area contributed by atoms with Gasteiger partial charge in [-0.15, -0.1) is 0 Å². The molecule has 0 radical (unpaired) electrons. The fraction of sp³-hybridized carbons (Fsp3) is 0.564. The van der Waals surface area contributed by atoms with Crippen LogP contribution in [0.5, 0.6) is 17.2 Å². The predicted molar refractivity (Wildman–Crippen MR) is 252 cm³/mol. The molecule has 58 heavy (non-hydrogen) atoms. The van der Waals surface area contributed by atoms with Crippen molar-refractivity contribution in [2.24, 2.45) is 0 Å². The molecule has 0 aliphatic carbocycles. The molecule has 0 amide bonds. The Labute approximate surface area is 355 Å². The van der Waals surface area contributed by atoms with Crippen molar-refractivity contribution in [2.75, 3.05) is 0 Å². The first kappa shape index (κ1) is 48.6. The second kappa shape index (κ2) is 16.0. The van der Waals surface area contributed by atoms with Gasteiger partial charge in [-0.25, -0.2) is 0 Å². The van der Waals surface area contributed by atoms with Crippen LogP contribution in [-0.4, -0.2) is 15.3 Å². The van der Waals surface area contributed by atoms with E-state index in [0.29, 0.717) is 17.2 Å². The lowest BCUT2D eigenvalue weighted by atomic mass is 9.75. The standard InChI is InChI=1S/C54H78O3.CH4/c1-31-37(22-34-25-40(49(4,5)6)46(55)41(26-34)50(7,8)9)32(2)39(24-36-29-44(53(16,17)18)48(57)45(30-36)54(19,20)21)33(3)38(31)23-35-27-42(51(10,11)12)47(56)43(28-35)52(13,14)15;/h25-30,55-57H,22-24H2,1-21H3;1H4. The number of rotatable bonds is 6. The van der Waals surface area contributed by atoms with Gasteiger partial charge in [-0.3, -0.25) is 0 Å². The van der Waals surface area contributed by atoms with E-state index >= 15 is 0 Å². The van der Waals surface area contributed by atoms with Crippen molar-refractivity contribution in [3.63, 3.8) is 0 Å². The Hall–Kier alpha value is -3.72. The summed E-state index contributed by atoms with van der Waals surface area (Å²) in [7, 11) is 0. The van der Waals surface area contributed by atoms with Gasteiger partial charge in [0.15, 0.2) is 0 Å². The molecule has 0 aliphatic heterocycles. The van der Waals surface area contributed by atoms with Crippen LogP contribution in [0.3, 0.4) is 0 Å². The summed E-state index contributed by atoms with van der Waals surface area (Å²) in [4.78, 5) is 0. The van der Waals surface area contributed by atoms with E-state index in [1.54, 1.807) is 0 Å². The summed E-state index contributed by atoms with van der Waals surface area (Å²) in [5.41, 5.74) is 16.0. The maximum atomic E-state index is 11.6. The van der Waals surface area contributed by atoms with Gasteiger partial charge in [-0.2, -0.15) is 0 Å². The minimum atomic E-state index is -0.226. The van der Waals surface area contributed by atoms with Gasteiger partial charge in [0.2, 0.25) is 0 Å². The van der Waals surface area contributed by atoms with Gasteiger partial charge in [0, 0.05) is 0 Å². The van der Waals surface area contributed by atoms with Gasteiger partial charge in [-0.1, -0.05) is 168 Å². The molecule has 4 aromatic rings. The molecule has 0 fully saturated rings. The van der Waals surface area contributed by atoms with E-state index < -0.39 is 0 Å². The zero-order valence-electron chi connectivity index (χ0n) is 39.9. The van der Waals surface area contributed by atoms with Crippen molar-refractivity contribution in [1.29, 1.82) is 0 Å². The fourth-order valence-electron chi connectivity index (χ4n) is 8.62. The Balaban J connectivity index is 0.00000900. The lowest BCUT2D eigenvalue weighted by molar-refractivity contribution is 0.422. The highest BCUT2D eigenvalue weighted by molar-refractivity contribution is 5.59. The molecule has 0 saturated carbocycles. The molecule has 4 aromatic carbocycles. The Morgan fingerprint density at radius 1 is 0.310 bits per heavy atom. The van der Waals surface area contributed by atoms with Crippen molar-refractivity contribution in [3.05, 3.63) is 120 Å². The predicted octanol–water partition coefficient (Wildman–Crippen LogP) is 14.9. The minimum Gasteiger partial charge on any atom is -0.507 e. The molecule has 3 nitrogen and oxygen atoms in total. The highest BCUT2D eigenvalue weighted by Crippen LogP contribution is 2.45. The summed E-state index contributed by atoms with van der Waals surface area (Å²) < 4.78 is 0. The van der Waals surface area contributed by atoms with Crippen molar-refractivity contribution in [2.45, 2.75) is 205 Å². The van der Waals surface area contributed by atoms with E-state index in [4.69, 9.17) is 0 Å². The highest BCUT2D eigenvalue weighted by atomic mass is 16.3. The molecule has 0 aromatic heterocycles. The molecular formula is C55H82O3. The van der Waals surface area contributed by atoms with Gasteiger partial charge in [0.25, 0.3) is 0 Å². The Morgan fingerprint density at radius 3 is 0.569 bits per heavy atom. The van der Waals surface area contributed by atoms with Gasteiger partial charge in [0.1, 0.15) is 17.2 Å². The fourth-order valence-corrected chi connectivity index (χ4v) is 8.62. The summed E-state index contributed by atoms with van der Waals surface area (Å²) in [6, 6.07) is 13.4. The van der Waals surface area contributed by atoms with E-state index in [1.807, 2.05) is 0 Å². The van der Waals surface area contributed by atoms with E-state index in [0.717, 1.165) is 52.6 Å². The highest BCUT2D eigenvalue weighted by Gasteiger charge is 2.31. The molecule has 4 rings (SSSR count). The lowest BCUT2D eigenvalue weighted by Crippen LogP contribution is -2.19. The van der Waals surface area contributed by atoms with Crippen molar-refractivity contribution in [1.82, 2.24) is 0 Å². The largest absolute Gasteiger partial charge is 0.507 e. The molecule has 0 saturated heterocycles. The quantitative estimate of drug-likeness (QED) is 0.182. The summed E-state index contributed by atoms with van der Waals surface area (Å²) in [6.07, 6.45) is 2.24. The van der Waals surface area contributed by atoms with Gasteiger partial charge in [-0.05, 0) is 156 Å². The molecule has 0 heterocycles. The number of phenols is 3. The van der Waals surface area contributed by atoms with E-state index in [9.17, 15) is 15.3 Å². The molecule has 0 atom stereocenters. The molecule has 0 aliphatic rings. The van der Waals surface area contributed by atoms with Crippen LogP contribution in [-0.2, 0) is 51.8 Å². The van der Waals surface area contributed by atoms with Crippen LogP contribution < -0.4 is 0 Å². The molecule has 0 unspecified atom stereocenters. The molecule has 320 valence electrons.